The molecule has 4 fully saturated rings. The van der Waals surface area contributed by atoms with Gasteiger partial charge < -0.3 is 4.74 Å². The third-order valence-electron chi connectivity index (χ3n) is 6.43. The summed E-state index contributed by atoms with van der Waals surface area (Å²) in [6.45, 7) is 12.9. The Labute approximate surface area is 123 Å². The van der Waals surface area contributed by atoms with E-state index < -0.39 is 0 Å². The Morgan fingerprint density at radius 3 is 1.95 bits per heavy atom. The third kappa shape index (κ3) is 1.79. The Balaban J connectivity index is 2.01. The van der Waals surface area contributed by atoms with Gasteiger partial charge in [0.2, 0.25) is 0 Å². The van der Waals surface area contributed by atoms with Crippen LogP contribution in [0.2, 0.25) is 0 Å². The molecule has 0 spiro atoms. The van der Waals surface area contributed by atoms with E-state index in [1.165, 1.54) is 38.2 Å². The molecule has 0 aromatic carbocycles. The molecule has 0 heterocycles. The van der Waals surface area contributed by atoms with Gasteiger partial charge in [-0.1, -0.05) is 34.3 Å². The van der Waals surface area contributed by atoms with Crippen LogP contribution in [0.3, 0.4) is 0 Å². The number of rotatable bonds is 3. The predicted octanol–water partition coefficient (Wildman–Crippen LogP) is 4.35. The highest BCUT2D eigenvalue weighted by atomic mass is 16.6. The molecule has 4 aliphatic carbocycles. The van der Waals surface area contributed by atoms with Crippen LogP contribution in [0, 0.1) is 28.6 Å². The third-order valence-corrected chi connectivity index (χ3v) is 6.43. The molecule has 0 N–H and O–H groups in total. The van der Waals surface area contributed by atoms with Gasteiger partial charge in [-0.15, -0.1) is 0 Å². The largest absolute Gasteiger partial charge is 0.455 e. The molecule has 0 aromatic rings. The molecule has 4 saturated carbocycles. The number of hydrogen-bond donors (Lipinski definition) is 0. The van der Waals surface area contributed by atoms with E-state index in [1.54, 1.807) is 0 Å². The Hall–Kier alpha value is -0.790. The highest BCUT2D eigenvalue weighted by Crippen LogP contribution is 2.70. The molecule has 0 saturated heterocycles. The maximum atomic E-state index is 11.9. The van der Waals surface area contributed by atoms with Crippen LogP contribution >= 0.6 is 0 Å². The van der Waals surface area contributed by atoms with Crippen molar-refractivity contribution in [2.24, 2.45) is 28.6 Å². The monoisotopic (exact) mass is 276 g/mol. The van der Waals surface area contributed by atoms with Gasteiger partial charge >= 0.3 is 5.97 Å². The van der Waals surface area contributed by atoms with Crippen molar-refractivity contribution in [3.63, 3.8) is 0 Å². The van der Waals surface area contributed by atoms with Crippen LogP contribution in [0.5, 0.6) is 0 Å². The number of carbonyl (C=O) groups excluding carboxylic acids is 1. The quantitative estimate of drug-likeness (QED) is 0.566. The topological polar surface area (TPSA) is 26.3 Å². The van der Waals surface area contributed by atoms with E-state index in [1.807, 2.05) is 0 Å². The van der Waals surface area contributed by atoms with E-state index in [2.05, 4.69) is 34.3 Å². The summed E-state index contributed by atoms with van der Waals surface area (Å²) >= 11 is 0. The first kappa shape index (κ1) is 14.2. The number of esters is 1. The van der Waals surface area contributed by atoms with E-state index in [0.717, 1.165) is 0 Å². The molecule has 2 nitrogen and oxygen atoms in total. The Morgan fingerprint density at radius 1 is 1.15 bits per heavy atom. The first-order chi connectivity index (χ1) is 9.23. The van der Waals surface area contributed by atoms with E-state index in [0.29, 0.717) is 28.6 Å². The van der Waals surface area contributed by atoms with Crippen LogP contribution in [-0.4, -0.2) is 11.6 Å². The summed E-state index contributed by atoms with van der Waals surface area (Å²) in [6.07, 6.45) is 7.59. The van der Waals surface area contributed by atoms with Crippen LogP contribution < -0.4 is 0 Å². The van der Waals surface area contributed by atoms with Gasteiger partial charge in [0.1, 0.15) is 5.60 Å². The maximum Gasteiger partial charge on any atom is 0.330 e. The molecule has 2 heteroatoms. The highest BCUT2D eigenvalue weighted by Gasteiger charge is 2.66. The van der Waals surface area contributed by atoms with Crippen LogP contribution in [0.1, 0.15) is 59.8 Å². The second-order valence-electron chi connectivity index (χ2n) is 8.64. The van der Waals surface area contributed by atoms with Gasteiger partial charge in [-0.3, -0.25) is 0 Å². The maximum absolute atomic E-state index is 11.9. The first-order valence-corrected chi connectivity index (χ1v) is 8.08. The van der Waals surface area contributed by atoms with Crippen LogP contribution in [-0.2, 0) is 9.53 Å². The summed E-state index contributed by atoms with van der Waals surface area (Å²) in [4.78, 5) is 11.9. The summed E-state index contributed by atoms with van der Waals surface area (Å²) in [6, 6.07) is 0. The van der Waals surface area contributed by atoms with E-state index in [9.17, 15) is 4.79 Å². The minimum Gasteiger partial charge on any atom is -0.455 e. The molecule has 0 radical (unpaired) electrons. The fourth-order valence-corrected chi connectivity index (χ4v) is 6.42. The van der Waals surface area contributed by atoms with Crippen molar-refractivity contribution in [1.82, 2.24) is 0 Å². The summed E-state index contributed by atoms with van der Waals surface area (Å²) in [5, 5.41) is 0. The molecular formula is C18H28O2. The highest BCUT2D eigenvalue weighted by molar-refractivity contribution is 5.81. The molecule has 4 rings (SSSR count). The molecule has 0 atom stereocenters. The molecule has 0 aromatic heterocycles. The molecule has 0 unspecified atom stereocenters. The predicted molar refractivity (Wildman–Crippen MR) is 80.1 cm³/mol. The lowest BCUT2D eigenvalue weighted by Crippen LogP contribution is -2.66. The van der Waals surface area contributed by atoms with Crippen molar-refractivity contribution < 1.29 is 9.53 Å². The summed E-state index contributed by atoms with van der Waals surface area (Å²) in [5.41, 5.74) is 0.698. The fraction of sp³-hybridized carbons (Fsp3) is 0.833. The molecule has 4 bridgehead atoms. The van der Waals surface area contributed by atoms with Gasteiger partial charge in [0.05, 0.1) is 0 Å². The standard InChI is InChI=1S/C18H28O2/c1-6-15(19)20-18(12(2)3)13-7-16(4)8-14(18)10-17(5,9-13)11-16/h6,12-14H,1,7-11H2,2-5H3. The van der Waals surface area contributed by atoms with Crippen molar-refractivity contribution in [2.75, 3.05) is 0 Å². The van der Waals surface area contributed by atoms with Crippen molar-refractivity contribution in [1.29, 1.82) is 0 Å². The lowest BCUT2D eigenvalue weighted by molar-refractivity contribution is -0.251. The fourth-order valence-electron chi connectivity index (χ4n) is 6.42. The minimum absolute atomic E-state index is 0.235. The van der Waals surface area contributed by atoms with E-state index in [-0.39, 0.29) is 11.6 Å². The minimum atomic E-state index is -0.245. The lowest BCUT2D eigenvalue weighted by Gasteiger charge is -2.68. The Morgan fingerprint density at radius 2 is 1.60 bits per heavy atom. The van der Waals surface area contributed by atoms with Crippen molar-refractivity contribution in [2.45, 2.75) is 65.4 Å². The average Bonchev–Trinajstić information content (AvgIpc) is 2.29. The van der Waals surface area contributed by atoms with Gasteiger partial charge in [0, 0.05) is 17.9 Å². The van der Waals surface area contributed by atoms with Crippen molar-refractivity contribution >= 4 is 5.97 Å². The van der Waals surface area contributed by atoms with Gasteiger partial charge in [-0.25, -0.2) is 4.79 Å². The second kappa shape index (κ2) is 4.11. The first-order valence-electron chi connectivity index (χ1n) is 8.08. The van der Waals surface area contributed by atoms with Crippen molar-refractivity contribution in [3.05, 3.63) is 12.7 Å². The summed E-state index contributed by atoms with van der Waals surface area (Å²) in [7, 11) is 0. The molecule has 0 amide bonds. The second-order valence-corrected chi connectivity index (χ2v) is 8.64. The molecular weight excluding hydrogens is 248 g/mol. The van der Waals surface area contributed by atoms with E-state index in [4.69, 9.17) is 4.74 Å². The average molecular weight is 276 g/mol. The smallest absolute Gasteiger partial charge is 0.330 e. The lowest BCUT2D eigenvalue weighted by atomic mass is 9.39. The van der Waals surface area contributed by atoms with Gasteiger partial charge in [0.25, 0.3) is 0 Å². The van der Waals surface area contributed by atoms with Gasteiger partial charge in [-0.05, 0) is 48.9 Å². The SMILES string of the molecule is C=CC(=O)OC1(C(C)C)C2CC3(C)CC1CC(C)(C2)C3. The molecule has 0 aliphatic heterocycles. The number of carbonyl (C=O) groups is 1. The number of ether oxygens (including phenoxy) is 1. The summed E-state index contributed by atoms with van der Waals surface area (Å²) < 4.78 is 6.06. The Bertz CT molecular complexity index is 412. The zero-order chi connectivity index (χ0) is 14.8. The van der Waals surface area contributed by atoms with Gasteiger partial charge in [-0.2, -0.15) is 0 Å². The molecule has 20 heavy (non-hydrogen) atoms. The van der Waals surface area contributed by atoms with Crippen LogP contribution in [0.4, 0.5) is 0 Å². The summed E-state index contributed by atoms with van der Waals surface area (Å²) in [5.74, 6) is 1.21. The zero-order valence-corrected chi connectivity index (χ0v) is 13.4. The van der Waals surface area contributed by atoms with Crippen molar-refractivity contribution in [3.8, 4) is 0 Å². The van der Waals surface area contributed by atoms with Crippen LogP contribution in [0.15, 0.2) is 12.7 Å². The van der Waals surface area contributed by atoms with Gasteiger partial charge in [0.15, 0.2) is 0 Å². The normalized spacial score (nSPS) is 49.5. The van der Waals surface area contributed by atoms with Crippen LogP contribution in [0.25, 0.3) is 0 Å². The zero-order valence-electron chi connectivity index (χ0n) is 13.4. The van der Waals surface area contributed by atoms with E-state index >= 15 is 0 Å². The number of hydrogen-bond acceptors (Lipinski definition) is 2. The molecule has 4 aliphatic rings. The molecule has 112 valence electrons. The Kier molecular flexibility index (Phi) is 2.91.